The van der Waals surface area contributed by atoms with E-state index in [4.69, 9.17) is 4.74 Å². The van der Waals surface area contributed by atoms with Crippen molar-refractivity contribution in [3.63, 3.8) is 0 Å². The highest BCUT2D eigenvalue weighted by atomic mass is 16.6. The Morgan fingerprint density at radius 1 is 1.23 bits per heavy atom. The van der Waals surface area contributed by atoms with Crippen molar-refractivity contribution in [1.82, 2.24) is 5.32 Å². The van der Waals surface area contributed by atoms with Gasteiger partial charge in [0.25, 0.3) is 0 Å². The van der Waals surface area contributed by atoms with Gasteiger partial charge in [0.05, 0.1) is 12.2 Å². The molecule has 1 saturated carbocycles. The number of amides is 2. The minimum atomic E-state index is -0.733. The van der Waals surface area contributed by atoms with Gasteiger partial charge in [-0.3, -0.25) is 14.9 Å². The second-order valence-corrected chi connectivity index (χ2v) is 8.40. The summed E-state index contributed by atoms with van der Waals surface area (Å²) in [5.74, 6) is -0.911. The lowest BCUT2D eigenvalue weighted by Crippen LogP contribution is -2.31. The lowest BCUT2D eigenvalue weighted by molar-refractivity contribution is -0.121. The van der Waals surface area contributed by atoms with Gasteiger partial charge >= 0.3 is 6.09 Å². The summed E-state index contributed by atoms with van der Waals surface area (Å²) in [4.78, 5) is 34.4. The molecule has 3 N–H and O–H groups in total. The number of ether oxygens (including phenoxy) is 1. The number of unbranched alkanes of at least 4 members (excludes halogenated alkanes) is 3. The predicted octanol–water partition coefficient (Wildman–Crippen LogP) is 3.83. The van der Waals surface area contributed by atoms with E-state index in [0.717, 1.165) is 32.1 Å². The summed E-state index contributed by atoms with van der Waals surface area (Å²) >= 11 is 0. The molecule has 0 aromatic carbocycles. The second-order valence-electron chi connectivity index (χ2n) is 8.40. The van der Waals surface area contributed by atoms with Crippen LogP contribution in [0.2, 0.25) is 0 Å². The third-order valence-electron chi connectivity index (χ3n) is 5.52. The molecule has 176 valence electrons. The van der Waals surface area contributed by atoms with Gasteiger partial charge in [-0.1, -0.05) is 50.5 Å². The largest absolute Gasteiger partial charge is 0.446 e. The Morgan fingerprint density at radius 3 is 2.65 bits per heavy atom. The Kier molecular flexibility index (Phi) is 13.0. The first kappa shape index (κ1) is 27.0. The fourth-order valence-electron chi connectivity index (χ4n) is 3.78. The van der Waals surface area contributed by atoms with E-state index in [2.05, 4.69) is 12.2 Å². The van der Waals surface area contributed by atoms with E-state index in [1.54, 1.807) is 13.0 Å². The van der Waals surface area contributed by atoms with E-state index < -0.39 is 24.2 Å². The number of rotatable bonds is 13. The van der Waals surface area contributed by atoms with Crippen molar-refractivity contribution in [2.45, 2.75) is 96.9 Å². The van der Waals surface area contributed by atoms with Crippen LogP contribution in [0.15, 0.2) is 24.3 Å². The number of imide groups is 1. The summed E-state index contributed by atoms with van der Waals surface area (Å²) in [6, 6.07) is 0. The first-order valence-corrected chi connectivity index (χ1v) is 11.4. The molecule has 1 unspecified atom stereocenters. The van der Waals surface area contributed by atoms with E-state index in [9.17, 15) is 24.6 Å². The predicted molar refractivity (Wildman–Crippen MR) is 119 cm³/mol. The van der Waals surface area contributed by atoms with Crippen molar-refractivity contribution in [2.24, 2.45) is 11.8 Å². The molecule has 2 amide bonds. The normalized spacial score (nSPS) is 23.4. The number of nitrogens with one attached hydrogen (secondary N) is 1. The minimum absolute atomic E-state index is 0.0609. The fraction of sp³-hybridized carbons (Fsp3) is 0.708. The van der Waals surface area contributed by atoms with Crippen LogP contribution in [0.4, 0.5) is 4.79 Å². The number of carbonyl (C=O) groups excluding carboxylic acids is 3. The number of hydrogen-bond donors (Lipinski definition) is 3. The SMILES string of the molecule is CCCCC[C@H](O)C=C[C@H]1[C@H](O)CC(=O)[C@@H]1CC=CCCCC(C)OC(=O)NC(C)=O. The first-order chi connectivity index (χ1) is 14.7. The van der Waals surface area contributed by atoms with Gasteiger partial charge in [-0.2, -0.15) is 0 Å². The van der Waals surface area contributed by atoms with Crippen molar-refractivity contribution in [3.05, 3.63) is 24.3 Å². The van der Waals surface area contributed by atoms with Crippen molar-refractivity contribution in [3.8, 4) is 0 Å². The summed E-state index contributed by atoms with van der Waals surface area (Å²) in [5.41, 5.74) is 0. The molecule has 7 heteroatoms. The Balaban J connectivity index is 2.38. The number of hydrogen-bond acceptors (Lipinski definition) is 6. The van der Waals surface area contributed by atoms with E-state index >= 15 is 0 Å². The summed E-state index contributed by atoms with van der Waals surface area (Å²) in [6.07, 6.45) is 12.1. The molecule has 1 aliphatic rings. The van der Waals surface area contributed by atoms with Crippen molar-refractivity contribution in [2.75, 3.05) is 0 Å². The monoisotopic (exact) mass is 437 g/mol. The molecule has 0 bridgehead atoms. The van der Waals surface area contributed by atoms with E-state index in [-0.39, 0.29) is 30.1 Å². The highest BCUT2D eigenvalue weighted by Crippen LogP contribution is 2.33. The van der Waals surface area contributed by atoms with Gasteiger partial charge in [-0.15, -0.1) is 0 Å². The van der Waals surface area contributed by atoms with Crippen LogP contribution in [0.25, 0.3) is 0 Å². The van der Waals surface area contributed by atoms with Crippen LogP contribution in [0.5, 0.6) is 0 Å². The number of aliphatic hydroxyl groups excluding tert-OH is 2. The molecular weight excluding hydrogens is 398 g/mol. The van der Waals surface area contributed by atoms with Gasteiger partial charge in [0.15, 0.2) is 0 Å². The zero-order chi connectivity index (χ0) is 23.2. The van der Waals surface area contributed by atoms with Gasteiger partial charge in [0.2, 0.25) is 5.91 Å². The van der Waals surface area contributed by atoms with E-state index in [1.165, 1.54) is 6.92 Å². The molecule has 0 aromatic rings. The van der Waals surface area contributed by atoms with Gasteiger partial charge in [-0.25, -0.2) is 4.79 Å². The Labute approximate surface area is 185 Å². The zero-order valence-corrected chi connectivity index (χ0v) is 19.1. The Morgan fingerprint density at radius 2 is 1.97 bits per heavy atom. The molecule has 0 radical (unpaired) electrons. The van der Waals surface area contributed by atoms with E-state index in [1.807, 2.05) is 18.2 Å². The topological polar surface area (TPSA) is 113 Å². The highest BCUT2D eigenvalue weighted by Gasteiger charge is 2.39. The lowest BCUT2D eigenvalue weighted by atomic mass is 9.90. The van der Waals surface area contributed by atoms with E-state index in [0.29, 0.717) is 19.3 Å². The molecule has 7 nitrogen and oxygen atoms in total. The number of allylic oxidation sites excluding steroid dienone is 2. The molecule has 0 aromatic heterocycles. The highest BCUT2D eigenvalue weighted by molar-refractivity contribution is 5.90. The molecule has 1 fully saturated rings. The van der Waals surface area contributed by atoms with Gasteiger partial charge in [0.1, 0.15) is 11.9 Å². The number of Topliss-reactive ketones (excluding diaryl/α,β-unsaturated/α-hetero) is 1. The second kappa shape index (κ2) is 14.9. The molecular formula is C24H39NO6. The molecule has 5 atom stereocenters. The Bertz CT molecular complexity index is 630. The van der Waals surface area contributed by atoms with Crippen molar-refractivity contribution >= 4 is 17.8 Å². The number of alkyl carbamates (subject to hydrolysis) is 1. The average molecular weight is 438 g/mol. The first-order valence-electron chi connectivity index (χ1n) is 11.4. The van der Waals surface area contributed by atoms with Crippen LogP contribution < -0.4 is 5.32 Å². The van der Waals surface area contributed by atoms with Crippen LogP contribution in [0, 0.1) is 11.8 Å². The van der Waals surface area contributed by atoms with Gasteiger partial charge in [0, 0.05) is 25.2 Å². The van der Waals surface area contributed by atoms with Crippen LogP contribution in [-0.4, -0.2) is 46.3 Å². The summed E-state index contributed by atoms with van der Waals surface area (Å²) in [7, 11) is 0. The van der Waals surface area contributed by atoms with Crippen molar-refractivity contribution < 1.29 is 29.3 Å². The molecule has 1 rings (SSSR count). The maximum absolute atomic E-state index is 12.3. The summed E-state index contributed by atoms with van der Waals surface area (Å²) < 4.78 is 5.07. The zero-order valence-electron chi connectivity index (χ0n) is 19.1. The third-order valence-corrected chi connectivity index (χ3v) is 5.52. The number of aliphatic hydroxyl groups is 2. The van der Waals surface area contributed by atoms with Gasteiger partial charge < -0.3 is 14.9 Å². The molecule has 31 heavy (non-hydrogen) atoms. The maximum atomic E-state index is 12.3. The van der Waals surface area contributed by atoms with Crippen LogP contribution in [-0.2, 0) is 14.3 Å². The lowest BCUT2D eigenvalue weighted by Gasteiger charge is -2.16. The summed E-state index contributed by atoms with van der Waals surface area (Å²) in [5, 5.41) is 22.4. The molecule has 0 aliphatic heterocycles. The van der Waals surface area contributed by atoms with Gasteiger partial charge in [-0.05, 0) is 39.0 Å². The Hall–Kier alpha value is -1.99. The van der Waals surface area contributed by atoms with Crippen LogP contribution in [0.3, 0.4) is 0 Å². The molecule has 0 heterocycles. The smallest absolute Gasteiger partial charge is 0.414 e. The van der Waals surface area contributed by atoms with Crippen LogP contribution >= 0.6 is 0 Å². The molecule has 0 saturated heterocycles. The number of ketones is 1. The third kappa shape index (κ3) is 11.3. The standard InChI is InChI=1S/C24H39NO6/c1-4-5-8-12-19(27)14-15-21-20(22(28)16-23(21)29)13-10-7-6-9-11-17(2)31-24(30)25-18(3)26/h7,10,14-15,17,19-21,23,27,29H,4-6,8-9,11-13,16H2,1-3H3,(H,25,26,30)/t17?,19-,20+,21+,23+/m0/s1. The average Bonchev–Trinajstić information content (AvgIpc) is 2.94. The fourth-order valence-corrected chi connectivity index (χ4v) is 3.78. The summed E-state index contributed by atoms with van der Waals surface area (Å²) in [6.45, 7) is 5.14. The number of carbonyl (C=O) groups is 3. The minimum Gasteiger partial charge on any atom is -0.446 e. The molecule has 0 spiro atoms. The quantitative estimate of drug-likeness (QED) is 0.298. The molecule has 1 aliphatic carbocycles. The van der Waals surface area contributed by atoms with Crippen LogP contribution in [0.1, 0.15) is 78.6 Å². The maximum Gasteiger partial charge on any atom is 0.414 e. The van der Waals surface area contributed by atoms with Crippen molar-refractivity contribution in [1.29, 1.82) is 0 Å².